The standard InChI is InChI=1S/C9H5F6NO/c10-8(11,12)6-2-1-5(16-4-17)3-7(6)9(13,14)15/h1-4H,(H,16,17). The van der Waals surface area contributed by atoms with Crippen LogP contribution in [-0.2, 0) is 17.1 Å². The Labute approximate surface area is 91.2 Å². The maximum atomic E-state index is 12.4. The van der Waals surface area contributed by atoms with Gasteiger partial charge in [0.25, 0.3) is 0 Å². The number of benzene rings is 1. The first-order valence-electron chi connectivity index (χ1n) is 4.15. The Bertz CT molecular complexity index is 422. The number of alkyl halides is 6. The van der Waals surface area contributed by atoms with E-state index in [-0.39, 0.29) is 24.2 Å². The largest absolute Gasteiger partial charge is 0.417 e. The van der Waals surface area contributed by atoms with E-state index >= 15 is 0 Å². The zero-order valence-electron chi connectivity index (χ0n) is 7.99. The molecule has 8 heteroatoms. The molecule has 0 aromatic heterocycles. The second-order valence-corrected chi connectivity index (χ2v) is 3.02. The second-order valence-electron chi connectivity index (χ2n) is 3.02. The minimum atomic E-state index is -5.15. The van der Waals surface area contributed by atoms with Gasteiger partial charge in [-0.2, -0.15) is 26.3 Å². The summed E-state index contributed by atoms with van der Waals surface area (Å²) in [5.41, 5.74) is -3.99. The number of halogens is 6. The molecule has 0 unspecified atom stereocenters. The van der Waals surface area contributed by atoms with Crippen molar-refractivity contribution in [2.24, 2.45) is 0 Å². The Hall–Kier alpha value is -1.73. The molecule has 0 spiro atoms. The first kappa shape index (κ1) is 13.3. The van der Waals surface area contributed by atoms with Crippen LogP contribution in [0.1, 0.15) is 11.1 Å². The van der Waals surface area contributed by atoms with Gasteiger partial charge in [-0.15, -0.1) is 0 Å². The fourth-order valence-corrected chi connectivity index (χ4v) is 1.18. The van der Waals surface area contributed by atoms with E-state index in [2.05, 4.69) is 0 Å². The van der Waals surface area contributed by atoms with E-state index in [1.165, 1.54) is 0 Å². The summed E-state index contributed by atoms with van der Waals surface area (Å²) in [6.07, 6.45) is -10.2. The van der Waals surface area contributed by atoms with E-state index in [0.29, 0.717) is 0 Å². The maximum Gasteiger partial charge on any atom is 0.417 e. The molecule has 1 aromatic rings. The van der Waals surface area contributed by atoms with Gasteiger partial charge in [0.05, 0.1) is 11.1 Å². The van der Waals surface area contributed by atoms with Crippen molar-refractivity contribution in [2.75, 3.05) is 5.32 Å². The molecule has 0 heterocycles. The summed E-state index contributed by atoms with van der Waals surface area (Å²) in [4.78, 5) is 10.0. The van der Waals surface area contributed by atoms with Gasteiger partial charge in [-0.1, -0.05) is 0 Å². The molecule has 1 rings (SSSR count). The van der Waals surface area contributed by atoms with Gasteiger partial charge in [-0.3, -0.25) is 4.79 Å². The summed E-state index contributed by atoms with van der Waals surface area (Å²) in [7, 11) is 0. The molecule has 0 bridgehead atoms. The summed E-state index contributed by atoms with van der Waals surface area (Å²) in [6, 6.07) is 1.25. The lowest BCUT2D eigenvalue weighted by Gasteiger charge is -2.16. The van der Waals surface area contributed by atoms with Gasteiger partial charge < -0.3 is 5.32 Å². The normalized spacial score (nSPS) is 12.4. The average Bonchev–Trinajstić information content (AvgIpc) is 2.15. The van der Waals surface area contributed by atoms with Gasteiger partial charge in [0.15, 0.2) is 0 Å². The van der Waals surface area contributed by atoms with E-state index < -0.39 is 23.5 Å². The van der Waals surface area contributed by atoms with Crippen molar-refractivity contribution in [3.8, 4) is 0 Å². The van der Waals surface area contributed by atoms with Gasteiger partial charge >= 0.3 is 12.4 Å². The number of anilines is 1. The third-order valence-electron chi connectivity index (χ3n) is 1.86. The lowest BCUT2D eigenvalue weighted by molar-refractivity contribution is -0.162. The van der Waals surface area contributed by atoms with Crippen LogP contribution in [0.25, 0.3) is 0 Å². The fourth-order valence-electron chi connectivity index (χ4n) is 1.18. The van der Waals surface area contributed by atoms with E-state index in [4.69, 9.17) is 0 Å². The number of carbonyl (C=O) groups excluding carboxylic acids is 1. The van der Waals surface area contributed by atoms with Crippen LogP contribution in [0.15, 0.2) is 18.2 Å². The maximum absolute atomic E-state index is 12.4. The number of hydrogen-bond acceptors (Lipinski definition) is 1. The van der Waals surface area contributed by atoms with Crippen molar-refractivity contribution in [2.45, 2.75) is 12.4 Å². The third-order valence-corrected chi connectivity index (χ3v) is 1.86. The highest BCUT2D eigenvalue weighted by Crippen LogP contribution is 2.41. The van der Waals surface area contributed by atoms with Gasteiger partial charge in [-0.25, -0.2) is 0 Å². The molecular weight excluding hydrogens is 252 g/mol. The number of rotatable bonds is 2. The molecule has 0 aliphatic rings. The monoisotopic (exact) mass is 257 g/mol. The SMILES string of the molecule is O=CNc1ccc(C(F)(F)F)c(C(F)(F)F)c1. The first-order valence-corrected chi connectivity index (χ1v) is 4.15. The predicted octanol–water partition coefficient (Wildman–Crippen LogP) is 3.29. The molecule has 0 fully saturated rings. The molecule has 0 aliphatic carbocycles. The molecule has 0 saturated heterocycles. The molecule has 0 saturated carbocycles. The summed E-state index contributed by atoms with van der Waals surface area (Å²) in [5.74, 6) is 0. The minimum absolute atomic E-state index is 0.0722. The van der Waals surface area contributed by atoms with Crippen LogP contribution in [0.4, 0.5) is 32.0 Å². The van der Waals surface area contributed by atoms with Gasteiger partial charge in [-0.05, 0) is 18.2 Å². The van der Waals surface area contributed by atoms with E-state index in [1.807, 2.05) is 5.32 Å². The number of nitrogens with one attached hydrogen (secondary N) is 1. The van der Waals surface area contributed by atoms with Crippen LogP contribution in [0.3, 0.4) is 0 Å². The predicted molar refractivity (Wildman–Crippen MR) is 46.1 cm³/mol. The van der Waals surface area contributed by atoms with Gasteiger partial charge in [0, 0.05) is 5.69 Å². The van der Waals surface area contributed by atoms with Crippen LogP contribution < -0.4 is 5.32 Å². The van der Waals surface area contributed by atoms with Crippen LogP contribution in [0.5, 0.6) is 0 Å². The second kappa shape index (κ2) is 4.27. The van der Waals surface area contributed by atoms with Crippen LogP contribution in [0, 0.1) is 0 Å². The summed E-state index contributed by atoms with van der Waals surface area (Å²) in [6.45, 7) is 0. The summed E-state index contributed by atoms with van der Waals surface area (Å²) in [5, 5.41) is 1.85. The van der Waals surface area contributed by atoms with Crippen LogP contribution in [0.2, 0.25) is 0 Å². The zero-order valence-corrected chi connectivity index (χ0v) is 7.99. The summed E-state index contributed by atoms with van der Waals surface area (Å²) < 4.78 is 74.1. The molecule has 94 valence electrons. The molecule has 0 radical (unpaired) electrons. The summed E-state index contributed by atoms with van der Waals surface area (Å²) >= 11 is 0. The fraction of sp³-hybridized carbons (Fsp3) is 0.222. The van der Waals surface area contributed by atoms with E-state index in [1.54, 1.807) is 0 Å². The van der Waals surface area contributed by atoms with Crippen molar-refractivity contribution in [3.05, 3.63) is 29.3 Å². The zero-order chi connectivity index (χ0) is 13.3. The highest BCUT2D eigenvalue weighted by Gasteiger charge is 2.43. The van der Waals surface area contributed by atoms with Crippen molar-refractivity contribution in [1.82, 2.24) is 0 Å². The van der Waals surface area contributed by atoms with Gasteiger partial charge in [0.2, 0.25) is 6.41 Å². The Morgan fingerprint density at radius 1 is 0.941 bits per heavy atom. The Kier molecular flexibility index (Phi) is 3.35. The molecule has 1 aromatic carbocycles. The third kappa shape index (κ3) is 3.11. The lowest BCUT2D eigenvalue weighted by atomic mass is 10.1. The van der Waals surface area contributed by atoms with Crippen molar-refractivity contribution < 1.29 is 31.1 Å². The van der Waals surface area contributed by atoms with Gasteiger partial charge in [0.1, 0.15) is 0 Å². The van der Waals surface area contributed by atoms with Crippen LogP contribution in [-0.4, -0.2) is 6.41 Å². The Balaban J connectivity index is 3.37. The Morgan fingerprint density at radius 2 is 1.47 bits per heavy atom. The van der Waals surface area contributed by atoms with E-state index in [0.717, 1.165) is 6.07 Å². The number of carbonyl (C=O) groups is 1. The van der Waals surface area contributed by atoms with Crippen LogP contribution >= 0.6 is 0 Å². The van der Waals surface area contributed by atoms with Crippen molar-refractivity contribution in [1.29, 1.82) is 0 Å². The minimum Gasteiger partial charge on any atom is -0.329 e. The molecule has 17 heavy (non-hydrogen) atoms. The lowest BCUT2D eigenvalue weighted by Crippen LogP contribution is -2.16. The molecule has 0 aliphatic heterocycles. The smallest absolute Gasteiger partial charge is 0.329 e. The molecular formula is C9H5F6NO. The quantitative estimate of drug-likeness (QED) is 0.639. The van der Waals surface area contributed by atoms with E-state index in [9.17, 15) is 31.1 Å². The molecule has 0 atom stereocenters. The van der Waals surface area contributed by atoms with Crippen molar-refractivity contribution >= 4 is 12.1 Å². The number of amides is 1. The molecule has 2 nitrogen and oxygen atoms in total. The molecule has 1 amide bonds. The van der Waals surface area contributed by atoms with Crippen molar-refractivity contribution in [3.63, 3.8) is 0 Å². The highest BCUT2D eigenvalue weighted by atomic mass is 19.4. The average molecular weight is 257 g/mol. The first-order chi connectivity index (χ1) is 7.66. The number of hydrogen-bond donors (Lipinski definition) is 1. The Morgan fingerprint density at radius 3 is 1.88 bits per heavy atom. The highest BCUT2D eigenvalue weighted by molar-refractivity contribution is 5.71. The molecule has 1 N–H and O–H groups in total. The topological polar surface area (TPSA) is 29.1 Å².